The Morgan fingerprint density at radius 2 is 2.00 bits per heavy atom. The number of nitrogens with one attached hydrogen (secondary N) is 1. The second kappa shape index (κ2) is 5.14. The van der Waals surface area contributed by atoms with E-state index in [0.717, 1.165) is 32.6 Å². The van der Waals surface area contributed by atoms with Crippen LogP contribution in [0.15, 0.2) is 0 Å². The molecule has 0 aromatic carbocycles. The van der Waals surface area contributed by atoms with Crippen molar-refractivity contribution in [2.75, 3.05) is 26.2 Å². The van der Waals surface area contributed by atoms with Crippen LogP contribution >= 0.6 is 0 Å². The third-order valence-corrected chi connectivity index (χ3v) is 3.49. The molecule has 0 aromatic heterocycles. The molecule has 2 aliphatic heterocycles. The Morgan fingerprint density at radius 1 is 1.24 bits per heavy atom. The summed E-state index contributed by atoms with van der Waals surface area (Å²) in [5, 5.41) is 3.31. The zero-order chi connectivity index (χ0) is 12.4. The molecule has 2 fully saturated rings. The zero-order valence-electron chi connectivity index (χ0n) is 10.6. The lowest BCUT2D eigenvalue weighted by atomic mass is 10.2. The van der Waals surface area contributed by atoms with E-state index in [-0.39, 0.29) is 23.9 Å². The Kier molecular flexibility index (Phi) is 3.79. The van der Waals surface area contributed by atoms with Gasteiger partial charge in [0.05, 0.1) is 12.5 Å². The first-order chi connectivity index (χ1) is 8.11. The van der Waals surface area contributed by atoms with Gasteiger partial charge >= 0.3 is 0 Å². The molecule has 5 heteroatoms. The number of hydrogen-bond donors (Lipinski definition) is 1. The number of nitrogens with zero attached hydrogens (tertiary/aromatic N) is 2. The predicted octanol–water partition coefficient (Wildman–Crippen LogP) is -0.182. The monoisotopic (exact) mass is 239 g/mol. The first kappa shape index (κ1) is 12.5. The van der Waals surface area contributed by atoms with E-state index in [1.807, 2.05) is 13.8 Å². The molecule has 1 N–H and O–H groups in total. The molecule has 2 rings (SSSR count). The third-order valence-electron chi connectivity index (χ3n) is 3.49. The molecule has 0 saturated carbocycles. The van der Waals surface area contributed by atoms with E-state index in [9.17, 15) is 9.59 Å². The van der Waals surface area contributed by atoms with Gasteiger partial charge in [0.1, 0.15) is 0 Å². The molecule has 2 aliphatic rings. The van der Waals surface area contributed by atoms with Crippen LogP contribution in [-0.4, -0.2) is 59.9 Å². The normalized spacial score (nSPS) is 27.9. The molecule has 0 radical (unpaired) electrons. The van der Waals surface area contributed by atoms with Crippen molar-refractivity contribution in [2.24, 2.45) is 0 Å². The maximum absolute atomic E-state index is 12.2. The van der Waals surface area contributed by atoms with E-state index in [0.29, 0.717) is 6.42 Å². The number of rotatable bonds is 2. The van der Waals surface area contributed by atoms with Crippen LogP contribution < -0.4 is 5.32 Å². The molecule has 96 valence electrons. The maximum atomic E-state index is 12.2. The molecule has 1 atom stereocenters. The highest BCUT2D eigenvalue weighted by molar-refractivity contribution is 6.05. The molecular formula is C12H21N3O2. The first-order valence-corrected chi connectivity index (χ1v) is 6.42. The van der Waals surface area contributed by atoms with Gasteiger partial charge in [-0.2, -0.15) is 0 Å². The van der Waals surface area contributed by atoms with Gasteiger partial charge in [-0.3, -0.25) is 19.4 Å². The number of amides is 2. The van der Waals surface area contributed by atoms with Crippen molar-refractivity contribution in [3.8, 4) is 0 Å². The quantitative estimate of drug-likeness (QED) is 0.679. The Labute approximate surface area is 102 Å². The van der Waals surface area contributed by atoms with Gasteiger partial charge in [-0.1, -0.05) is 0 Å². The smallest absolute Gasteiger partial charge is 0.247 e. The summed E-state index contributed by atoms with van der Waals surface area (Å²) in [4.78, 5) is 27.6. The van der Waals surface area contributed by atoms with Crippen LogP contribution in [0.25, 0.3) is 0 Å². The minimum atomic E-state index is -0.218. The highest BCUT2D eigenvalue weighted by Gasteiger charge is 2.42. The molecule has 0 aliphatic carbocycles. The van der Waals surface area contributed by atoms with E-state index in [2.05, 4.69) is 10.2 Å². The van der Waals surface area contributed by atoms with Crippen molar-refractivity contribution in [1.29, 1.82) is 0 Å². The summed E-state index contributed by atoms with van der Waals surface area (Å²) >= 11 is 0. The summed E-state index contributed by atoms with van der Waals surface area (Å²) in [5.41, 5.74) is 0. The number of carbonyl (C=O) groups excluding carboxylic acids is 2. The van der Waals surface area contributed by atoms with Crippen LogP contribution in [0.5, 0.6) is 0 Å². The lowest BCUT2D eigenvalue weighted by Crippen LogP contribution is -2.45. The Hall–Kier alpha value is -0.940. The summed E-state index contributed by atoms with van der Waals surface area (Å²) in [6.07, 6.45) is 1.40. The van der Waals surface area contributed by atoms with Crippen LogP contribution in [0.2, 0.25) is 0 Å². The zero-order valence-corrected chi connectivity index (χ0v) is 10.6. The highest BCUT2D eigenvalue weighted by atomic mass is 16.2. The van der Waals surface area contributed by atoms with Crippen LogP contribution in [-0.2, 0) is 9.59 Å². The largest absolute Gasteiger partial charge is 0.315 e. The summed E-state index contributed by atoms with van der Waals surface area (Å²) in [5.74, 6) is -0.0286. The molecule has 0 spiro atoms. The SMILES string of the molecule is CC(C)N1C(=O)CC(N2CCCNCC2)C1=O. The van der Waals surface area contributed by atoms with Crippen LogP contribution in [0.1, 0.15) is 26.7 Å². The summed E-state index contributed by atoms with van der Waals surface area (Å²) < 4.78 is 0. The maximum Gasteiger partial charge on any atom is 0.247 e. The van der Waals surface area contributed by atoms with Crippen molar-refractivity contribution >= 4 is 11.8 Å². The van der Waals surface area contributed by atoms with Gasteiger partial charge in [0.25, 0.3) is 0 Å². The number of likely N-dealkylation sites (tertiary alicyclic amines) is 1. The van der Waals surface area contributed by atoms with Gasteiger partial charge in [-0.25, -0.2) is 0 Å². The Morgan fingerprint density at radius 3 is 2.65 bits per heavy atom. The Balaban J connectivity index is 2.07. The minimum absolute atomic E-state index is 0.00750. The van der Waals surface area contributed by atoms with E-state index < -0.39 is 0 Å². The summed E-state index contributed by atoms with van der Waals surface area (Å²) in [6.45, 7) is 7.45. The van der Waals surface area contributed by atoms with E-state index in [1.165, 1.54) is 4.90 Å². The van der Waals surface area contributed by atoms with Crippen molar-refractivity contribution in [2.45, 2.75) is 38.8 Å². The lowest BCUT2D eigenvalue weighted by molar-refractivity contribution is -0.141. The van der Waals surface area contributed by atoms with Crippen LogP contribution in [0.4, 0.5) is 0 Å². The molecule has 2 amide bonds. The van der Waals surface area contributed by atoms with E-state index in [4.69, 9.17) is 0 Å². The fraction of sp³-hybridized carbons (Fsp3) is 0.833. The van der Waals surface area contributed by atoms with Crippen molar-refractivity contribution in [1.82, 2.24) is 15.1 Å². The third kappa shape index (κ3) is 2.50. The second-order valence-corrected chi connectivity index (χ2v) is 5.06. The van der Waals surface area contributed by atoms with Gasteiger partial charge < -0.3 is 5.32 Å². The van der Waals surface area contributed by atoms with Gasteiger partial charge in [0.15, 0.2) is 0 Å². The average Bonchev–Trinajstić information content (AvgIpc) is 2.48. The van der Waals surface area contributed by atoms with Crippen LogP contribution in [0, 0.1) is 0 Å². The first-order valence-electron chi connectivity index (χ1n) is 6.42. The number of hydrogen-bond acceptors (Lipinski definition) is 4. The fourth-order valence-corrected chi connectivity index (χ4v) is 2.64. The molecule has 2 saturated heterocycles. The predicted molar refractivity (Wildman–Crippen MR) is 64.5 cm³/mol. The van der Waals surface area contributed by atoms with Crippen molar-refractivity contribution in [3.63, 3.8) is 0 Å². The standard InChI is InChI=1S/C12H21N3O2/c1-9(2)15-11(16)8-10(12(15)17)14-6-3-4-13-5-7-14/h9-10,13H,3-8H2,1-2H3. The van der Waals surface area contributed by atoms with E-state index >= 15 is 0 Å². The van der Waals surface area contributed by atoms with Crippen molar-refractivity contribution in [3.05, 3.63) is 0 Å². The molecule has 0 bridgehead atoms. The van der Waals surface area contributed by atoms with Gasteiger partial charge in [-0.15, -0.1) is 0 Å². The second-order valence-electron chi connectivity index (χ2n) is 5.06. The minimum Gasteiger partial charge on any atom is -0.315 e. The lowest BCUT2D eigenvalue weighted by Gasteiger charge is -2.26. The summed E-state index contributed by atoms with van der Waals surface area (Å²) in [6, 6.07) is -0.241. The Bertz CT molecular complexity index is 309. The van der Waals surface area contributed by atoms with Gasteiger partial charge in [0, 0.05) is 25.7 Å². The van der Waals surface area contributed by atoms with Crippen LogP contribution in [0.3, 0.4) is 0 Å². The molecule has 1 unspecified atom stereocenters. The molecule has 17 heavy (non-hydrogen) atoms. The number of imide groups is 1. The average molecular weight is 239 g/mol. The molecule has 0 aromatic rings. The van der Waals surface area contributed by atoms with Gasteiger partial charge in [-0.05, 0) is 26.8 Å². The topological polar surface area (TPSA) is 52.7 Å². The molecule has 5 nitrogen and oxygen atoms in total. The molecule has 2 heterocycles. The number of carbonyl (C=O) groups is 2. The fourth-order valence-electron chi connectivity index (χ4n) is 2.64. The summed E-state index contributed by atoms with van der Waals surface area (Å²) in [7, 11) is 0. The highest BCUT2D eigenvalue weighted by Crippen LogP contribution is 2.21. The van der Waals surface area contributed by atoms with Gasteiger partial charge in [0.2, 0.25) is 11.8 Å². The van der Waals surface area contributed by atoms with Crippen molar-refractivity contribution < 1.29 is 9.59 Å². The molecular weight excluding hydrogens is 218 g/mol. The van der Waals surface area contributed by atoms with E-state index in [1.54, 1.807) is 0 Å².